The molecule has 2 amide bonds. The zero-order valence-electron chi connectivity index (χ0n) is 20.0. The molecule has 0 aliphatic carbocycles. The monoisotopic (exact) mass is 487 g/mol. The Labute approximate surface area is 201 Å². The molecule has 0 aromatic heterocycles. The lowest BCUT2D eigenvalue weighted by Crippen LogP contribution is -2.43. The van der Waals surface area contributed by atoms with E-state index in [1.165, 1.54) is 0 Å². The van der Waals surface area contributed by atoms with Crippen LogP contribution in [0.1, 0.15) is 40.7 Å². The third-order valence-corrected chi connectivity index (χ3v) is 7.50. The minimum absolute atomic E-state index is 0.0195. The molecule has 0 unspecified atom stereocenters. The molecule has 2 N–H and O–H groups in total. The standard InChI is InChI=1S/C25H33N3O5S/c1-18-8-9-19(2)23(16-18)34(31,32)27-22-7-4-6-21(17-22)25(30)28-13-10-20(11-14-28)24(29)26-12-5-15-33-3/h4,6-9,16-17,20,27H,5,10-15H2,1-3H3,(H,26,29). The summed E-state index contributed by atoms with van der Waals surface area (Å²) in [5.74, 6) is -0.264. The van der Waals surface area contributed by atoms with Crippen LogP contribution in [0.2, 0.25) is 0 Å². The van der Waals surface area contributed by atoms with Gasteiger partial charge < -0.3 is 15.0 Å². The van der Waals surface area contributed by atoms with Gasteiger partial charge in [0.05, 0.1) is 4.90 Å². The maximum absolute atomic E-state index is 13.0. The molecular weight excluding hydrogens is 454 g/mol. The summed E-state index contributed by atoms with van der Waals surface area (Å²) in [5, 5.41) is 2.93. The molecule has 0 atom stereocenters. The highest BCUT2D eigenvalue weighted by atomic mass is 32.2. The molecule has 8 nitrogen and oxygen atoms in total. The Morgan fingerprint density at radius 1 is 1.09 bits per heavy atom. The predicted octanol–water partition coefficient (Wildman–Crippen LogP) is 3.11. The number of ether oxygens (including phenoxy) is 1. The zero-order chi connectivity index (χ0) is 24.7. The summed E-state index contributed by atoms with van der Waals surface area (Å²) in [5.41, 5.74) is 2.23. The number of rotatable bonds is 9. The van der Waals surface area contributed by atoms with E-state index in [-0.39, 0.29) is 22.6 Å². The number of hydrogen-bond donors (Lipinski definition) is 2. The Morgan fingerprint density at radius 3 is 2.53 bits per heavy atom. The van der Waals surface area contributed by atoms with Crippen molar-refractivity contribution in [3.8, 4) is 0 Å². The number of anilines is 1. The van der Waals surface area contributed by atoms with Crippen molar-refractivity contribution in [1.82, 2.24) is 10.2 Å². The van der Waals surface area contributed by atoms with E-state index in [0.29, 0.717) is 55.9 Å². The van der Waals surface area contributed by atoms with Crippen LogP contribution >= 0.6 is 0 Å². The Kier molecular flexibility index (Phi) is 8.68. The molecule has 2 aromatic rings. The number of sulfonamides is 1. The molecule has 1 saturated heterocycles. The summed E-state index contributed by atoms with van der Waals surface area (Å²) in [6, 6.07) is 11.8. The zero-order valence-corrected chi connectivity index (χ0v) is 20.8. The van der Waals surface area contributed by atoms with Gasteiger partial charge in [-0.25, -0.2) is 8.42 Å². The van der Waals surface area contributed by atoms with Gasteiger partial charge in [-0.15, -0.1) is 0 Å². The van der Waals surface area contributed by atoms with Crippen molar-refractivity contribution in [3.05, 3.63) is 59.2 Å². The van der Waals surface area contributed by atoms with Gasteiger partial charge in [0.1, 0.15) is 0 Å². The minimum atomic E-state index is -3.79. The van der Waals surface area contributed by atoms with Crippen molar-refractivity contribution in [2.45, 2.75) is 38.0 Å². The molecule has 34 heavy (non-hydrogen) atoms. The van der Waals surface area contributed by atoms with Crippen LogP contribution in [0, 0.1) is 19.8 Å². The van der Waals surface area contributed by atoms with E-state index in [4.69, 9.17) is 4.74 Å². The second-order valence-electron chi connectivity index (χ2n) is 8.66. The summed E-state index contributed by atoms with van der Waals surface area (Å²) >= 11 is 0. The summed E-state index contributed by atoms with van der Waals surface area (Å²) in [7, 11) is -2.16. The van der Waals surface area contributed by atoms with Crippen molar-refractivity contribution < 1.29 is 22.7 Å². The molecule has 0 saturated carbocycles. The number of aryl methyl sites for hydroxylation is 2. The number of hydrogen-bond acceptors (Lipinski definition) is 5. The van der Waals surface area contributed by atoms with Crippen molar-refractivity contribution in [1.29, 1.82) is 0 Å². The predicted molar refractivity (Wildman–Crippen MR) is 131 cm³/mol. The lowest BCUT2D eigenvalue weighted by molar-refractivity contribution is -0.126. The molecule has 1 heterocycles. The molecule has 2 aromatic carbocycles. The summed E-state index contributed by atoms with van der Waals surface area (Å²) in [6.07, 6.45) is 1.96. The quantitative estimate of drug-likeness (QED) is 0.529. The van der Waals surface area contributed by atoms with Gasteiger partial charge in [0.25, 0.3) is 15.9 Å². The third-order valence-electron chi connectivity index (χ3n) is 5.97. The van der Waals surface area contributed by atoms with Gasteiger partial charge in [-0.3, -0.25) is 14.3 Å². The Hall–Kier alpha value is -2.91. The first-order valence-electron chi connectivity index (χ1n) is 11.5. The van der Waals surface area contributed by atoms with E-state index in [9.17, 15) is 18.0 Å². The fraction of sp³-hybridized carbons (Fsp3) is 0.440. The van der Waals surface area contributed by atoms with E-state index in [1.807, 2.05) is 13.0 Å². The lowest BCUT2D eigenvalue weighted by Gasteiger charge is -2.31. The normalized spacial score (nSPS) is 14.6. The molecular formula is C25H33N3O5S. The average molecular weight is 488 g/mol. The second-order valence-corrected chi connectivity index (χ2v) is 10.3. The number of nitrogens with one attached hydrogen (secondary N) is 2. The van der Waals surface area contributed by atoms with E-state index in [2.05, 4.69) is 10.0 Å². The van der Waals surface area contributed by atoms with Crippen LogP contribution < -0.4 is 10.0 Å². The largest absolute Gasteiger partial charge is 0.385 e. The van der Waals surface area contributed by atoms with Crippen LogP contribution in [-0.2, 0) is 19.6 Å². The Balaban J connectivity index is 1.61. The average Bonchev–Trinajstić information content (AvgIpc) is 2.82. The van der Waals surface area contributed by atoms with Gasteiger partial charge in [-0.1, -0.05) is 18.2 Å². The first-order chi connectivity index (χ1) is 16.2. The first-order valence-corrected chi connectivity index (χ1v) is 13.0. The van der Waals surface area contributed by atoms with E-state index < -0.39 is 10.0 Å². The summed E-state index contributed by atoms with van der Waals surface area (Å²) < 4.78 is 33.4. The fourth-order valence-corrected chi connectivity index (χ4v) is 5.40. The lowest BCUT2D eigenvalue weighted by atomic mass is 9.95. The van der Waals surface area contributed by atoms with Crippen molar-refractivity contribution in [3.63, 3.8) is 0 Å². The SMILES string of the molecule is COCCCNC(=O)C1CCN(C(=O)c2cccc(NS(=O)(=O)c3cc(C)ccc3C)c2)CC1. The maximum Gasteiger partial charge on any atom is 0.262 e. The molecule has 0 radical (unpaired) electrons. The number of methoxy groups -OCH3 is 1. The highest BCUT2D eigenvalue weighted by molar-refractivity contribution is 7.92. The topological polar surface area (TPSA) is 105 Å². The molecule has 9 heteroatoms. The van der Waals surface area contributed by atoms with E-state index >= 15 is 0 Å². The minimum Gasteiger partial charge on any atom is -0.385 e. The first kappa shape index (κ1) is 25.7. The van der Waals surface area contributed by atoms with Crippen LogP contribution in [0.4, 0.5) is 5.69 Å². The number of piperidine rings is 1. The van der Waals surface area contributed by atoms with Crippen LogP contribution in [-0.4, -0.2) is 58.5 Å². The van der Waals surface area contributed by atoms with Gasteiger partial charge in [0, 0.05) is 50.5 Å². The van der Waals surface area contributed by atoms with Crippen LogP contribution in [0.15, 0.2) is 47.4 Å². The Morgan fingerprint density at radius 2 is 1.82 bits per heavy atom. The molecule has 184 valence electrons. The number of carbonyl (C=O) groups is 2. The molecule has 1 aliphatic rings. The molecule has 1 fully saturated rings. The second kappa shape index (κ2) is 11.5. The maximum atomic E-state index is 13.0. The van der Waals surface area contributed by atoms with Crippen molar-refractivity contribution in [2.75, 3.05) is 38.1 Å². The third kappa shape index (κ3) is 6.57. The van der Waals surface area contributed by atoms with Gasteiger partial charge in [-0.2, -0.15) is 0 Å². The number of amides is 2. The van der Waals surface area contributed by atoms with Crippen molar-refractivity contribution >= 4 is 27.5 Å². The van der Waals surface area contributed by atoms with Gasteiger partial charge in [-0.05, 0) is 68.5 Å². The highest BCUT2D eigenvalue weighted by Crippen LogP contribution is 2.23. The smallest absolute Gasteiger partial charge is 0.262 e. The van der Waals surface area contributed by atoms with Gasteiger partial charge >= 0.3 is 0 Å². The molecule has 0 spiro atoms. The molecule has 3 rings (SSSR count). The van der Waals surface area contributed by atoms with Crippen LogP contribution in [0.25, 0.3) is 0 Å². The van der Waals surface area contributed by atoms with Crippen LogP contribution in [0.5, 0.6) is 0 Å². The van der Waals surface area contributed by atoms with E-state index in [0.717, 1.165) is 12.0 Å². The summed E-state index contributed by atoms with van der Waals surface area (Å²) in [6.45, 7) is 5.73. The van der Waals surface area contributed by atoms with E-state index in [1.54, 1.807) is 55.3 Å². The van der Waals surface area contributed by atoms with Crippen LogP contribution in [0.3, 0.4) is 0 Å². The Bertz CT molecular complexity index is 1130. The molecule has 0 bridgehead atoms. The molecule has 1 aliphatic heterocycles. The fourth-order valence-electron chi connectivity index (χ4n) is 4.02. The van der Waals surface area contributed by atoms with Crippen molar-refractivity contribution in [2.24, 2.45) is 5.92 Å². The highest BCUT2D eigenvalue weighted by Gasteiger charge is 2.28. The number of likely N-dealkylation sites (tertiary alicyclic amines) is 1. The van der Waals surface area contributed by atoms with Gasteiger partial charge in [0.2, 0.25) is 5.91 Å². The summed E-state index contributed by atoms with van der Waals surface area (Å²) in [4.78, 5) is 27.3. The number of nitrogens with zero attached hydrogens (tertiary/aromatic N) is 1. The van der Waals surface area contributed by atoms with Gasteiger partial charge in [0.15, 0.2) is 0 Å². The number of benzene rings is 2. The number of carbonyl (C=O) groups excluding carboxylic acids is 2.